The van der Waals surface area contributed by atoms with Gasteiger partial charge in [0.2, 0.25) is 10.0 Å². The number of nitrogens with zero attached hydrogens (tertiary/aromatic N) is 1. The van der Waals surface area contributed by atoms with Crippen LogP contribution >= 0.6 is 0 Å². The Labute approximate surface area is 124 Å². The SMILES string of the molecule is CC1CC(C)N(S(=O)(=O)c2ccc(C#CCO)cc2F)C1. The van der Waals surface area contributed by atoms with Gasteiger partial charge in [0.1, 0.15) is 17.3 Å². The van der Waals surface area contributed by atoms with Gasteiger partial charge in [-0.25, -0.2) is 12.8 Å². The number of halogens is 1. The molecule has 0 aromatic heterocycles. The van der Waals surface area contributed by atoms with E-state index in [-0.39, 0.29) is 23.5 Å². The van der Waals surface area contributed by atoms with Crippen LogP contribution < -0.4 is 0 Å². The third-order valence-corrected chi connectivity index (χ3v) is 5.57. The number of hydrogen-bond donors (Lipinski definition) is 1. The average Bonchev–Trinajstić information content (AvgIpc) is 2.76. The summed E-state index contributed by atoms with van der Waals surface area (Å²) in [6.45, 7) is 3.90. The highest BCUT2D eigenvalue weighted by atomic mass is 32.2. The molecule has 0 saturated carbocycles. The number of aliphatic hydroxyl groups excluding tert-OH is 1. The molecule has 1 N–H and O–H groups in total. The molecule has 1 aromatic rings. The monoisotopic (exact) mass is 311 g/mol. The zero-order valence-electron chi connectivity index (χ0n) is 12.0. The molecular formula is C15H18FNO3S. The molecule has 114 valence electrons. The molecule has 2 rings (SSSR count). The summed E-state index contributed by atoms with van der Waals surface area (Å²) >= 11 is 0. The Morgan fingerprint density at radius 3 is 2.67 bits per heavy atom. The Balaban J connectivity index is 2.37. The van der Waals surface area contributed by atoms with E-state index in [1.165, 1.54) is 16.4 Å². The lowest BCUT2D eigenvalue weighted by atomic mass is 10.1. The molecule has 0 aliphatic carbocycles. The molecular weight excluding hydrogens is 293 g/mol. The van der Waals surface area contributed by atoms with Crippen LogP contribution in [0.3, 0.4) is 0 Å². The fourth-order valence-corrected chi connectivity index (χ4v) is 4.46. The topological polar surface area (TPSA) is 57.6 Å². The molecule has 1 saturated heterocycles. The molecule has 0 bridgehead atoms. The summed E-state index contributed by atoms with van der Waals surface area (Å²) in [7, 11) is -3.83. The smallest absolute Gasteiger partial charge is 0.246 e. The van der Waals surface area contributed by atoms with Gasteiger partial charge in [-0.1, -0.05) is 18.8 Å². The van der Waals surface area contributed by atoms with Gasteiger partial charge in [-0.2, -0.15) is 4.31 Å². The highest BCUT2D eigenvalue weighted by Gasteiger charge is 2.37. The first-order valence-electron chi connectivity index (χ1n) is 6.77. The van der Waals surface area contributed by atoms with E-state index in [2.05, 4.69) is 11.8 Å². The van der Waals surface area contributed by atoms with Gasteiger partial charge in [-0.15, -0.1) is 0 Å². The highest BCUT2D eigenvalue weighted by molar-refractivity contribution is 7.89. The van der Waals surface area contributed by atoms with E-state index in [1.807, 2.05) is 13.8 Å². The molecule has 2 unspecified atom stereocenters. The van der Waals surface area contributed by atoms with Crippen LogP contribution in [0.2, 0.25) is 0 Å². The van der Waals surface area contributed by atoms with E-state index in [0.717, 1.165) is 12.5 Å². The lowest BCUT2D eigenvalue weighted by Crippen LogP contribution is -2.34. The Bertz CT molecular complexity index is 691. The van der Waals surface area contributed by atoms with Gasteiger partial charge < -0.3 is 5.11 Å². The van der Waals surface area contributed by atoms with Gasteiger partial charge >= 0.3 is 0 Å². The highest BCUT2D eigenvalue weighted by Crippen LogP contribution is 2.30. The largest absolute Gasteiger partial charge is 0.384 e. The van der Waals surface area contributed by atoms with Crippen molar-refractivity contribution < 1.29 is 17.9 Å². The summed E-state index contributed by atoms with van der Waals surface area (Å²) in [5.74, 6) is 4.41. The van der Waals surface area contributed by atoms with Crippen LogP contribution in [0.15, 0.2) is 23.1 Å². The maximum atomic E-state index is 14.1. The van der Waals surface area contributed by atoms with E-state index >= 15 is 0 Å². The second kappa shape index (κ2) is 6.14. The van der Waals surface area contributed by atoms with Crippen LogP contribution in [0.5, 0.6) is 0 Å². The first-order chi connectivity index (χ1) is 9.86. The average molecular weight is 311 g/mol. The van der Waals surface area contributed by atoms with Crippen LogP contribution in [0.1, 0.15) is 25.8 Å². The molecule has 4 nitrogen and oxygen atoms in total. The van der Waals surface area contributed by atoms with Crippen molar-refractivity contribution in [3.05, 3.63) is 29.6 Å². The minimum Gasteiger partial charge on any atom is -0.384 e. The fraction of sp³-hybridized carbons (Fsp3) is 0.467. The number of rotatable bonds is 2. The van der Waals surface area contributed by atoms with Crippen molar-refractivity contribution in [2.75, 3.05) is 13.2 Å². The summed E-state index contributed by atoms with van der Waals surface area (Å²) < 4.78 is 40.6. The van der Waals surface area contributed by atoms with Crippen LogP contribution in [0.25, 0.3) is 0 Å². The zero-order chi connectivity index (χ0) is 15.6. The van der Waals surface area contributed by atoms with Gasteiger partial charge in [-0.05, 0) is 37.5 Å². The van der Waals surface area contributed by atoms with Gasteiger partial charge in [-0.3, -0.25) is 0 Å². The molecule has 1 heterocycles. The van der Waals surface area contributed by atoms with Crippen molar-refractivity contribution in [1.29, 1.82) is 0 Å². The van der Waals surface area contributed by atoms with Crippen LogP contribution in [0.4, 0.5) is 4.39 Å². The van der Waals surface area contributed by atoms with Gasteiger partial charge in [0.25, 0.3) is 0 Å². The number of hydrogen-bond acceptors (Lipinski definition) is 3. The van der Waals surface area contributed by atoms with Crippen LogP contribution in [0, 0.1) is 23.6 Å². The van der Waals surface area contributed by atoms with E-state index < -0.39 is 15.8 Å². The summed E-state index contributed by atoms with van der Waals surface area (Å²) in [4.78, 5) is -0.321. The molecule has 0 radical (unpaired) electrons. The van der Waals surface area contributed by atoms with Crippen molar-refractivity contribution in [3.63, 3.8) is 0 Å². The van der Waals surface area contributed by atoms with E-state index in [9.17, 15) is 12.8 Å². The number of benzene rings is 1. The zero-order valence-corrected chi connectivity index (χ0v) is 12.8. The molecule has 0 amide bonds. The molecule has 0 spiro atoms. The first-order valence-corrected chi connectivity index (χ1v) is 8.21. The fourth-order valence-electron chi connectivity index (χ4n) is 2.65. The van der Waals surface area contributed by atoms with Crippen molar-refractivity contribution >= 4 is 10.0 Å². The van der Waals surface area contributed by atoms with Crippen molar-refractivity contribution in [3.8, 4) is 11.8 Å². The predicted octanol–water partition coefficient (Wildman–Crippen LogP) is 1.59. The maximum Gasteiger partial charge on any atom is 0.246 e. The van der Waals surface area contributed by atoms with E-state index in [1.54, 1.807) is 0 Å². The van der Waals surface area contributed by atoms with Crippen molar-refractivity contribution in [1.82, 2.24) is 4.31 Å². The molecule has 1 aromatic carbocycles. The Kier molecular flexibility index (Phi) is 4.67. The van der Waals surface area contributed by atoms with Crippen LogP contribution in [-0.4, -0.2) is 37.0 Å². The van der Waals surface area contributed by atoms with Crippen molar-refractivity contribution in [2.45, 2.75) is 31.2 Å². The third-order valence-electron chi connectivity index (χ3n) is 3.56. The summed E-state index contributed by atoms with van der Waals surface area (Å²) in [5.41, 5.74) is 0.336. The number of aliphatic hydroxyl groups is 1. The first kappa shape index (κ1) is 16.0. The van der Waals surface area contributed by atoms with Crippen molar-refractivity contribution in [2.24, 2.45) is 5.92 Å². The Morgan fingerprint density at radius 2 is 2.14 bits per heavy atom. The lowest BCUT2D eigenvalue weighted by Gasteiger charge is -2.21. The minimum absolute atomic E-state index is 0.127. The maximum absolute atomic E-state index is 14.1. The summed E-state index contributed by atoms with van der Waals surface area (Å²) in [5, 5.41) is 8.61. The summed E-state index contributed by atoms with van der Waals surface area (Å²) in [6.07, 6.45) is 0.779. The second-order valence-corrected chi connectivity index (χ2v) is 7.23. The second-order valence-electron chi connectivity index (χ2n) is 5.37. The van der Waals surface area contributed by atoms with Gasteiger partial charge in [0.15, 0.2) is 0 Å². The van der Waals surface area contributed by atoms with E-state index in [0.29, 0.717) is 12.1 Å². The molecule has 21 heavy (non-hydrogen) atoms. The lowest BCUT2D eigenvalue weighted by molar-refractivity contribution is 0.350. The third kappa shape index (κ3) is 3.26. The minimum atomic E-state index is -3.83. The quantitative estimate of drug-likeness (QED) is 0.844. The summed E-state index contributed by atoms with van der Waals surface area (Å²) in [6, 6.07) is 3.64. The van der Waals surface area contributed by atoms with E-state index in [4.69, 9.17) is 5.11 Å². The predicted molar refractivity (Wildman–Crippen MR) is 77.5 cm³/mol. The van der Waals surface area contributed by atoms with Crippen LogP contribution in [-0.2, 0) is 10.0 Å². The number of sulfonamides is 1. The molecule has 6 heteroatoms. The normalized spacial score (nSPS) is 22.9. The van der Waals surface area contributed by atoms with Gasteiger partial charge in [0, 0.05) is 18.2 Å². The molecule has 2 atom stereocenters. The molecule has 1 aliphatic heterocycles. The molecule has 1 aliphatic rings. The van der Waals surface area contributed by atoms with Gasteiger partial charge in [0.05, 0.1) is 0 Å². The Morgan fingerprint density at radius 1 is 1.43 bits per heavy atom. The molecule has 1 fully saturated rings. The Hall–Kier alpha value is -1.42. The standard InChI is InChI=1S/C15H18FNO3S/c1-11-8-12(2)17(10-11)21(19,20)15-6-5-13(4-3-7-18)9-14(15)16/h5-6,9,11-12,18H,7-8,10H2,1-2H3.